The van der Waals surface area contributed by atoms with Gasteiger partial charge in [0.15, 0.2) is 0 Å². The molecule has 4 amide bonds. The summed E-state index contributed by atoms with van der Waals surface area (Å²) < 4.78 is 0. The topological polar surface area (TPSA) is 180 Å². The predicted molar refractivity (Wildman–Crippen MR) is 97.8 cm³/mol. The fourth-order valence-corrected chi connectivity index (χ4v) is 2.71. The van der Waals surface area contributed by atoms with E-state index in [1.54, 1.807) is 0 Å². The summed E-state index contributed by atoms with van der Waals surface area (Å²) in [6.45, 7) is 0.422. The molecule has 27 heavy (non-hydrogen) atoms. The summed E-state index contributed by atoms with van der Waals surface area (Å²) in [4.78, 5) is 57.9. The van der Waals surface area contributed by atoms with E-state index in [-0.39, 0.29) is 37.1 Å². The molecule has 1 rings (SSSR count). The van der Waals surface area contributed by atoms with Crippen molar-refractivity contribution in [2.75, 3.05) is 18.8 Å². The van der Waals surface area contributed by atoms with Gasteiger partial charge in [0.05, 0.1) is 12.6 Å². The van der Waals surface area contributed by atoms with Crippen molar-refractivity contribution in [3.63, 3.8) is 0 Å². The molecule has 1 heterocycles. The van der Waals surface area contributed by atoms with Crippen LogP contribution in [0.1, 0.15) is 25.7 Å². The molecule has 0 radical (unpaired) electrons. The van der Waals surface area contributed by atoms with E-state index in [1.165, 1.54) is 0 Å². The van der Waals surface area contributed by atoms with E-state index < -0.39 is 35.8 Å². The van der Waals surface area contributed by atoms with Crippen LogP contribution in [0.15, 0.2) is 0 Å². The Hall–Kier alpha value is -2.34. The van der Waals surface area contributed by atoms with Gasteiger partial charge in [0.25, 0.3) is 0 Å². The maximum Gasteiger partial charge on any atom is 0.326 e. The minimum Gasteiger partial charge on any atom is -0.480 e. The number of amides is 4. The third-order valence-electron chi connectivity index (χ3n) is 3.93. The molecular formula is C15H25N5O6S. The number of carboxylic acid groups (broad SMARTS) is 1. The average Bonchev–Trinajstić information content (AvgIpc) is 3.15. The van der Waals surface area contributed by atoms with Gasteiger partial charge in [-0.15, -0.1) is 0 Å². The summed E-state index contributed by atoms with van der Waals surface area (Å²) in [5.74, 6) is -3.78. The number of aliphatic carboxylic acids is 1. The minimum absolute atomic E-state index is 0.0855. The van der Waals surface area contributed by atoms with Crippen LogP contribution in [0.4, 0.5) is 0 Å². The third kappa shape index (κ3) is 8.26. The lowest BCUT2D eigenvalue weighted by molar-refractivity contribution is -0.142. The van der Waals surface area contributed by atoms with Gasteiger partial charge in [-0.25, -0.2) is 4.79 Å². The van der Waals surface area contributed by atoms with Crippen LogP contribution >= 0.6 is 12.6 Å². The highest BCUT2D eigenvalue weighted by molar-refractivity contribution is 7.80. The van der Waals surface area contributed by atoms with Gasteiger partial charge in [-0.05, 0) is 25.8 Å². The average molecular weight is 403 g/mol. The lowest BCUT2D eigenvalue weighted by Crippen LogP contribution is -2.54. The number of nitrogens with two attached hydrogens (primary N) is 1. The Morgan fingerprint density at radius 3 is 2.41 bits per heavy atom. The summed E-state index contributed by atoms with van der Waals surface area (Å²) in [7, 11) is 0. The zero-order valence-corrected chi connectivity index (χ0v) is 15.6. The number of carbonyl (C=O) groups is 5. The number of hydrogen-bond acceptors (Lipinski definition) is 7. The van der Waals surface area contributed by atoms with E-state index in [0.717, 1.165) is 13.0 Å². The zero-order valence-electron chi connectivity index (χ0n) is 14.7. The first kappa shape index (κ1) is 22.7. The van der Waals surface area contributed by atoms with E-state index in [2.05, 4.69) is 33.9 Å². The maximum atomic E-state index is 12.2. The van der Waals surface area contributed by atoms with Gasteiger partial charge in [-0.2, -0.15) is 12.6 Å². The molecule has 3 unspecified atom stereocenters. The second-order valence-electron chi connectivity index (χ2n) is 6.07. The molecule has 7 N–H and O–H groups in total. The molecule has 0 saturated carbocycles. The highest BCUT2D eigenvalue weighted by atomic mass is 32.1. The molecule has 0 aromatic carbocycles. The SMILES string of the molecule is NC(=O)CCC(NC(=O)C(CS)NC(=O)CNC(=O)C1CCCN1)C(=O)O. The molecule has 0 spiro atoms. The van der Waals surface area contributed by atoms with Gasteiger partial charge < -0.3 is 32.1 Å². The third-order valence-corrected chi connectivity index (χ3v) is 4.29. The number of rotatable bonds is 11. The second-order valence-corrected chi connectivity index (χ2v) is 6.44. The van der Waals surface area contributed by atoms with Crippen molar-refractivity contribution >= 4 is 42.2 Å². The van der Waals surface area contributed by atoms with Crippen LogP contribution in [0, 0.1) is 0 Å². The molecule has 1 aliphatic heterocycles. The molecule has 0 aromatic heterocycles. The normalized spacial score (nSPS) is 18.2. The van der Waals surface area contributed by atoms with Crippen molar-refractivity contribution in [1.29, 1.82) is 0 Å². The lowest BCUT2D eigenvalue weighted by atomic mass is 10.1. The summed E-state index contributed by atoms with van der Waals surface area (Å²) in [6.07, 6.45) is 1.19. The first-order valence-corrected chi connectivity index (χ1v) is 9.10. The van der Waals surface area contributed by atoms with E-state index in [0.29, 0.717) is 6.42 Å². The van der Waals surface area contributed by atoms with Gasteiger partial charge in [0.1, 0.15) is 12.1 Å². The van der Waals surface area contributed by atoms with Crippen LogP contribution in [0.25, 0.3) is 0 Å². The molecule has 11 nitrogen and oxygen atoms in total. The van der Waals surface area contributed by atoms with Crippen molar-refractivity contribution in [2.45, 2.75) is 43.8 Å². The van der Waals surface area contributed by atoms with Gasteiger partial charge in [-0.1, -0.05) is 0 Å². The Labute approximate surface area is 161 Å². The first-order chi connectivity index (χ1) is 12.7. The van der Waals surface area contributed by atoms with Crippen LogP contribution in [0.2, 0.25) is 0 Å². The van der Waals surface area contributed by atoms with Gasteiger partial charge in [0.2, 0.25) is 23.6 Å². The van der Waals surface area contributed by atoms with Crippen molar-refractivity contribution in [2.24, 2.45) is 5.73 Å². The molecule has 1 fully saturated rings. The Balaban J connectivity index is 2.48. The number of thiol groups is 1. The van der Waals surface area contributed by atoms with Crippen LogP contribution in [-0.4, -0.2) is 71.7 Å². The Bertz CT molecular complexity index is 581. The standard InChI is InChI=1S/C15H25N5O6S/c16-11(21)4-3-9(15(25)26)20-14(24)10(7-27)19-12(22)6-18-13(23)8-2-1-5-17-8/h8-10,17,27H,1-7H2,(H2,16,21)(H,18,23)(H,19,22)(H,20,24)(H,25,26). The summed E-state index contributed by atoms with van der Waals surface area (Å²) in [6, 6.07) is -2.75. The number of nitrogens with one attached hydrogen (secondary N) is 4. The molecule has 0 bridgehead atoms. The predicted octanol–water partition coefficient (Wildman–Crippen LogP) is -2.90. The van der Waals surface area contributed by atoms with Crippen molar-refractivity contribution < 1.29 is 29.1 Å². The van der Waals surface area contributed by atoms with Crippen LogP contribution in [-0.2, 0) is 24.0 Å². The smallest absolute Gasteiger partial charge is 0.326 e. The summed E-state index contributed by atoms with van der Waals surface area (Å²) in [5.41, 5.74) is 4.97. The number of carbonyl (C=O) groups excluding carboxylic acids is 4. The molecule has 0 aliphatic carbocycles. The molecule has 0 aromatic rings. The number of primary amides is 1. The Morgan fingerprint density at radius 2 is 1.89 bits per heavy atom. The zero-order chi connectivity index (χ0) is 20.4. The van der Waals surface area contributed by atoms with Crippen LogP contribution in [0.5, 0.6) is 0 Å². The van der Waals surface area contributed by atoms with Crippen molar-refractivity contribution in [3.8, 4) is 0 Å². The highest BCUT2D eigenvalue weighted by Gasteiger charge is 2.27. The van der Waals surface area contributed by atoms with Crippen LogP contribution < -0.4 is 27.0 Å². The van der Waals surface area contributed by atoms with E-state index >= 15 is 0 Å². The summed E-state index contributed by atoms with van der Waals surface area (Å²) >= 11 is 3.97. The summed E-state index contributed by atoms with van der Waals surface area (Å²) in [5, 5.41) is 19.2. The lowest BCUT2D eigenvalue weighted by Gasteiger charge is -2.20. The Morgan fingerprint density at radius 1 is 1.19 bits per heavy atom. The molecule has 1 aliphatic rings. The monoisotopic (exact) mass is 403 g/mol. The Kier molecular flexibility index (Phi) is 9.58. The molecule has 3 atom stereocenters. The number of hydrogen-bond donors (Lipinski definition) is 7. The van der Waals surface area contributed by atoms with Gasteiger partial charge in [0, 0.05) is 12.2 Å². The van der Waals surface area contributed by atoms with Crippen molar-refractivity contribution in [3.05, 3.63) is 0 Å². The quantitative estimate of drug-likeness (QED) is 0.181. The minimum atomic E-state index is -1.33. The first-order valence-electron chi connectivity index (χ1n) is 8.47. The largest absolute Gasteiger partial charge is 0.480 e. The molecule has 12 heteroatoms. The molecule has 152 valence electrons. The fraction of sp³-hybridized carbons (Fsp3) is 0.667. The molecular weight excluding hydrogens is 378 g/mol. The number of carboxylic acids is 1. The fourth-order valence-electron chi connectivity index (χ4n) is 2.45. The van der Waals surface area contributed by atoms with Gasteiger partial charge >= 0.3 is 5.97 Å². The second kappa shape index (κ2) is 11.4. The van der Waals surface area contributed by atoms with E-state index in [9.17, 15) is 24.0 Å². The van der Waals surface area contributed by atoms with Gasteiger partial charge in [-0.3, -0.25) is 19.2 Å². The molecule has 1 saturated heterocycles. The van der Waals surface area contributed by atoms with E-state index in [4.69, 9.17) is 10.8 Å². The highest BCUT2D eigenvalue weighted by Crippen LogP contribution is 2.04. The van der Waals surface area contributed by atoms with Crippen molar-refractivity contribution in [1.82, 2.24) is 21.3 Å². The maximum absolute atomic E-state index is 12.2. The van der Waals surface area contributed by atoms with Crippen LogP contribution in [0.3, 0.4) is 0 Å². The van der Waals surface area contributed by atoms with E-state index in [1.807, 2.05) is 0 Å².